The molecule has 1 N–H and O–H groups in total. The van der Waals surface area contributed by atoms with E-state index in [-0.39, 0.29) is 10.6 Å². The first-order chi connectivity index (χ1) is 6.27. The minimum Gasteiger partial charge on any atom is -0.387 e. The van der Waals surface area contributed by atoms with Crippen LogP contribution in [0.3, 0.4) is 0 Å². The minimum absolute atomic E-state index is 0.149. The van der Waals surface area contributed by atoms with Gasteiger partial charge in [0.15, 0.2) is 0 Å². The van der Waals surface area contributed by atoms with Gasteiger partial charge in [0.1, 0.15) is 0 Å². The zero-order chi connectivity index (χ0) is 9.26. The van der Waals surface area contributed by atoms with Crippen LogP contribution in [0.25, 0.3) is 6.08 Å². The lowest BCUT2D eigenvalue weighted by atomic mass is 10.0. The third-order valence-electron chi connectivity index (χ3n) is 2.01. The Labute approximate surface area is 75.0 Å². The molecule has 4 nitrogen and oxygen atoms in total. The Bertz CT molecular complexity index is 385. The fraction of sp³-hybridized carbons (Fsp3) is 0.111. The second-order valence-electron chi connectivity index (χ2n) is 2.85. The maximum atomic E-state index is 10.5. The molecule has 0 aliphatic carbocycles. The van der Waals surface area contributed by atoms with Crippen LogP contribution in [0.2, 0.25) is 0 Å². The van der Waals surface area contributed by atoms with Crippen molar-refractivity contribution in [2.75, 3.05) is 0 Å². The largest absolute Gasteiger partial charge is 0.387 e. The molecule has 1 heterocycles. The summed E-state index contributed by atoms with van der Waals surface area (Å²) in [5, 5.41) is 13.5. The SMILES string of the molecule is O=[N+]([O-])c1ccc2c(c1)CNC=C2. The molecule has 1 aliphatic heterocycles. The number of benzene rings is 1. The quantitative estimate of drug-likeness (QED) is 0.523. The molecule has 0 spiro atoms. The Kier molecular flexibility index (Phi) is 1.73. The van der Waals surface area contributed by atoms with Gasteiger partial charge in [-0.1, -0.05) is 0 Å². The van der Waals surface area contributed by atoms with Crippen molar-refractivity contribution < 1.29 is 4.92 Å². The van der Waals surface area contributed by atoms with E-state index in [1.807, 2.05) is 12.3 Å². The van der Waals surface area contributed by atoms with E-state index in [0.29, 0.717) is 6.54 Å². The maximum absolute atomic E-state index is 10.5. The predicted molar refractivity (Wildman–Crippen MR) is 49.0 cm³/mol. The van der Waals surface area contributed by atoms with E-state index in [4.69, 9.17) is 0 Å². The second kappa shape index (κ2) is 2.90. The molecule has 4 heteroatoms. The van der Waals surface area contributed by atoms with Crippen LogP contribution in [-0.2, 0) is 6.54 Å². The Morgan fingerprint density at radius 3 is 3.08 bits per heavy atom. The molecular formula is C9H8N2O2. The van der Waals surface area contributed by atoms with Gasteiger partial charge in [0.05, 0.1) is 4.92 Å². The van der Waals surface area contributed by atoms with Gasteiger partial charge in [-0.25, -0.2) is 0 Å². The van der Waals surface area contributed by atoms with Crippen molar-refractivity contribution in [3.8, 4) is 0 Å². The zero-order valence-corrected chi connectivity index (χ0v) is 6.86. The predicted octanol–water partition coefficient (Wildman–Crippen LogP) is 1.67. The fourth-order valence-corrected chi connectivity index (χ4v) is 1.34. The first-order valence-electron chi connectivity index (χ1n) is 3.94. The van der Waals surface area contributed by atoms with Crippen molar-refractivity contribution in [3.05, 3.63) is 45.6 Å². The summed E-state index contributed by atoms with van der Waals surface area (Å²) in [6, 6.07) is 4.89. The smallest absolute Gasteiger partial charge is 0.269 e. The van der Waals surface area contributed by atoms with E-state index in [1.54, 1.807) is 12.1 Å². The molecule has 0 atom stereocenters. The Hall–Kier alpha value is -1.84. The summed E-state index contributed by atoms with van der Waals surface area (Å²) in [5.74, 6) is 0. The molecule has 0 saturated carbocycles. The Balaban J connectivity index is 2.48. The van der Waals surface area contributed by atoms with Gasteiger partial charge in [-0.05, 0) is 29.5 Å². The lowest BCUT2D eigenvalue weighted by Crippen LogP contribution is -2.10. The highest BCUT2D eigenvalue weighted by Gasteiger charge is 2.10. The molecule has 0 saturated heterocycles. The summed E-state index contributed by atoms with van der Waals surface area (Å²) in [6.07, 6.45) is 3.75. The lowest BCUT2D eigenvalue weighted by molar-refractivity contribution is -0.384. The number of hydrogen-bond donors (Lipinski definition) is 1. The monoisotopic (exact) mass is 176 g/mol. The molecule has 1 aromatic carbocycles. The normalized spacial score (nSPS) is 13.2. The first kappa shape index (κ1) is 7.79. The number of nitrogens with one attached hydrogen (secondary N) is 1. The number of nitrogens with zero attached hydrogens (tertiary/aromatic N) is 1. The fourth-order valence-electron chi connectivity index (χ4n) is 1.34. The van der Waals surface area contributed by atoms with Crippen LogP contribution in [0, 0.1) is 10.1 Å². The summed E-state index contributed by atoms with van der Waals surface area (Å²) in [7, 11) is 0. The molecule has 2 rings (SSSR count). The average Bonchev–Trinajstić information content (AvgIpc) is 2.17. The van der Waals surface area contributed by atoms with Crippen molar-refractivity contribution in [3.63, 3.8) is 0 Å². The van der Waals surface area contributed by atoms with Crippen LogP contribution in [0.1, 0.15) is 11.1 Å². The standard InChI is InChI=1S/C9H8N2O2/c12-11(13)9-2-1-7-3-4-10-6-8(7)5-9/h1-5,10H,6H2. The summed E-state index contributed by atoms with van der Waals surface area (Å²) in [6.45, 7) is 0.660. The van der Waals surface area contributed by atoms with Crippen molar-refractivity contribution in [1.29, 1.82) is 0 Å². The molecule has 0 fully saturated rings. The number of nitro groups is 1. The van der Waals surface area contributed by atoms with Crippen molar-refractivity contribution in [1.82, 2.24) is 5.32 Å². The van der Waals surface area contributed by atoms with E-state index in [9.17, 15) is 10.1 Å². The Morgan fingerprint density at radius 1 is 1.46 bits per heavy atom. The van der Waals surface area contributed by atoms with Crippen LogP contribution in [-0.4, -0.2) is 4.92 Å². The molecule has 13 heavy (non-hydrogen) atoms. The minimum atomic E-state index is -0.376. The summed E-state index contributed by atoms with van der Waals surface area (Å²) >= 11 is 0. The van der Waals surface area contributed by atoms with Gasteiger partial charge in [0.25, 0.3) is 5.69 Å². The molecule has 0 amide bonds. The topological polar surface area (TPSA) is 55.2 Å². The van der Waals surface area contributed by atoms with Crippen molar-refractivity contribution in [2.45, 2.75) is 6.54 Å². The van der Waals surface area contributed by atoms with Crippen LogP contribution >= 0.6 is 0 Å². The number of rotatable bonds is 1. The van der Waals surface area contributed by atoms with Crippen molar-refractivity contribution in [2.24, 2.45) is 0 Å². The van der Waals surface area contributed by atoms with Gasteiger partial charge in [-0.15, -0.1) is 0 Å². The molecule has 0 bridgehead atoms. The molecule has 0 unspecified atom stereocenters. The summed E-state index contributed by atoms with van der Waals surface area (Å²) in [5.41, 5.74) is 2.16. The van der Waals surface area contributed by atoms with Gasteiger partial charge in [0.2, 0.25) is 0 Å². The van der Waals surface area contributed by atoms with E-state index >= 15 is 0 Å². The van der Waals surface area contributed by atoms with Gasteiger partial charge in [-0.2, -0.15) is 0 Å². The van der Waals surface area contributed by atoms with Gasteiger partial charge < -0.3 is 5.32 Å². The Morgan fingerprint density at radius 2 is 2.31 bits per heavy atom. The van der Waals surface area contributed by atoms with Crippen LogP contribution in [0.4, 0.5) is 5.69 Å². The molecule has 1 aliphatic rings. The number of nitro benzene ring substituents is 1. The molecule has 1 aromatic rings. The third-order valence-corrected chi connectivity index (χ3v) is 2.01. The van der Waals surface area contributed by atoms with Crippen LogP contribution in [0.5, 0.6) is 0 Å². The van der Waals surface area contributed by atoms with E-state index in [1.165, 1.54) is 6.07 Å². The third kappa shape index (κ3) is 1.38. The van der Waals surface area contributed by atoms with Gasteiger partial charge in [0, 0.05) is 18.7 Å². The molecule has 0 radical (unpaired) electrons. The summed E-state index contributed by atoms with van der Waals surface area (Å²) in [4.78, 5) is 10.1. The highest BCUT2D eigenvalue weighted by molar-refractivity contribution is 5.58. The number of non-ortho nitro benzene ring substituents is 1. The number of fused-ring (bicyclic) bond motifs is 1. The summed E-state index contributed by atoms with van der Waals surface area (Å²) < 4.78 is 0. The highest BCUT2D eigenvalue weighted by atomic mass is 16.6. The number of hydrogen-bond acceptors (Lipinski definition) is 3. The average molecular weight is 176 g/mol. The molecular weight excluding hydrogens is 168 g/mol. The van der Waals surface area contributed by atoms with Crippen LogP contribution in [0.15, 0.2) is 24.4 Å². The zero-order valence-electron chi connectivity index (χ0n) is 6.86. The first-order valence-corrected chi connectivity index (χ1v) is 3.94. The van der Waals surface area contributed by atoms with Gasteiger partial charge in [-0.3, -0.25) is 10.1 Å². The van der Waals surface area contributed by atoms with Crippen LogP contribution < -0.4 is 5.32 Å². The van der Waals surface area contributed by atoms with E-state index < -0.39 is 0 Å². The maximum Gasteiger partial charge on any atom is 0.269 e. The molecule has 0 aromatic heterocycles. The molecule has 66 valence electrons. The van der Waals surface area contributed by atoms with E-state index in [2.05, 4.69) is 5.32 Å². The lowest BCUT2D eigenvalue weighted by Gasteiger charge is -2.10. The highest BCUT2D eigenvalue weighted by Crippen LogP contribution is 2.20. The van der Waals surface area contributed by atoms with Gasteiger partial charge >= 0.3 is 0 Å². The van der Waals surface area contributed by atoms with E-state index in [0.717, 1.165) is 11.1 Å². The van der Waals surface area contributed by atoms with Crippen molar-refractivity contribution >= 4 is 11.8 Å². The second-order valence-corrected chi connectivity index (χ2v) is 2.85.